The third-order valence-electron chi connectivity index (χ3n) is 3.83. The predicted octanol–water partition coefficient (Wildman–Crippen LogP) is 2.19. The Morgan fingerprint density at radius 3 is 2.41 bits per heavy atom. The van der Waals surface area contributed by atoms with Gasteiger partial charge in [0.1, 0.15) is 0 Å². The van der Waals surface area contributed by atoms with Crippen molar-refractivity contribution in [3.63, 3.8) is 0 Å². The molecule has 2 aromatic carbocycles. The molecule has 0 heterocycles. The standard InChI is InChI=1S/C21H24N2O4/c1-26-18-10-8-17(14-19(18)27-2)12-13-22-21(25)15-23-20(24)11-9-16-6-4-3-5-7-16/h3-11,14H,12-13,15H2,1-2H3,(H,22,25)(H,23,24)/b11-9+. The van der Waals surface area contributed by atoms with Crippen molar-refractivity contribution in [1.82, 2.24) is 10.6 Å². The number of methoxy groups -OCH3 is 2. The number of benzene rings is 2. The highest BCUT2D eigenvalue weighted by molar-refractivity contribution is 5.94. The number of amides is 2. The van der Waals surface area contributed by atoms with Crippen molar-refractivity contribution in [1.29, 1.82) is 0 Å². The molecule has 0 spiro atoms. The highest BCUT2D eigenvalue weighted by Crippen LogP contribution is 2.27. The van der Waals surface area contributed by atoms with Crippen molar-refractivity contribution in [3.8, 4) is 11.5 Å². The Labute approximate surface area is 159 Å². The number of carbonyl (C=O) groups excluding carboxylic acids is 2. The highest BCUT2D eigenvalue weighted by atomic mass is 16.5. The van der Waals surface area contributed by atoms with E-state index in [2.05, 4.69) is 10.6 Å². The van der Waals surface area contributed by atoms with E-state index >= 15 is 0 Å². The first-order valence-corrected chi connectivity index (χ1v) is 8.61. The molecule has 0 aromatic heterocycles. The summed E-state index contributed by atoms with van der Waals surface area (Å²) in [5, 5.41) is 5.34. The largest absolute Gasteiger partial charge is 0.493 e. The minimum Gasteiger partial charge on any atom is -0.493 e. The van der Waals surface area contributed by atoms with Crippen molar-refractivity contribution in [2.45, 2.75) is 6.42 Å². The van der Waals surface area contributed by atoms with Crippen molar-refractivity contribution in [2.75, 3.05) is 27.3 Å². The summed E-state index contributed by atoms with van der Waals surface area (Å²) in [5.41, 5.74) is 1.94. The minimum absolute atomic E-state index is 0.0656. The van der Waals surface area contributed by atoms with Gasteiger partial charge in [0.05, 0.1) is 20.8 Å². The summed E-state index contributed by atoms with van der Waals surface area (Å²) in [6, 6.07) is 15.1. The summed E-state index contributed by atoms with van der Waals surface area (Å²) in [7, 11) is 3.17. The van der Waals surface area contributed by atoms with Gasteiger partial charge in [0, 0.05) is 12.6 Å². The molecule has 0 unspecified atom stereocenters. The summed E-state index contributed by atoms with van der Waals surface area (Å²) in [6.07, 6.45) is 3.75. The molecule has 0 fully saturated rings. The Hall–Kier alpha value is -3.28. The van der Waals surface area contributed by atoms with Crippen LogP contribution in [0.3, 0.4) is 0 Å². The van der Waals surface area contributed by atoms with Crippen LogP contribution in [0.5, 0.6) is 11.5 Å². The molecule has 0 radical (unpaired) electrons. The summed E-state index contributed by atoms with van der Waals surface area (Å²) in [6.45, 7) is 0.397. The van der Waals surface area contributed by atoms with Gasteiger partial charge in [-0.25, -0.2) is 0 Å². The van der Waals surface area contributed by atoms with Gasteiger partial charge in [-0.05, 0) is 35.8 Å². The van der Waals surface area contributed by atoms with Gasteiger partial charge >= 0.3 is 0 Å². The Morgan fingerprint density at radius 2 is 1.70 bits per heavy atom. The Bertz CT molecular complexity index is 788. The first-order valence-electron chi connectivity index (χ1n) is 8.61. The molecule has 2 amide bonds. The normalized spacial score (nSPS) is 10.4. The van der Waals surface area contributed by atoms with Gasteiger partial charge in [0.25, 0.3) is 0 Å². The molecule has 6 nitrogen and oxygen atoms in total. The average molecular weight is 368 g/mol. The van der Waals surface area contributed by atoms with Crippen molar-refractivity contribution in [3.05, 3.63) is 65.7 Å². The van der Waals surface area contributed by atoms with Gasteiger partial charge in [-0.15, -0.1) is 0 Å². The lowest BCUT2D eigenvalue weighted by Crippen LogP contribution is -2.37. The molecule has 2 N–H and O–H groups in total. The molecular weight excluding hydrogens is 344 g/mol. The van der Waals surface area contributed by atoms with Crippen LogP contribution < -0.4 is 20.1 Å². The molecule has 27 heavy (non-hydrogen) atoms. The fourth-order valence-electron chi connectivity index (χ4n) is 2.41. The first-order chi connectivity index (χ1) is 13.1. The number of hydrogen-bond donors (Lipinski definition) is 2. The van der Waals surface area contributed by atoms with Gasteiger partial charge in [0.15, 0.2) is 11.5 Å². The molecule has 2 rings (SSSR count). The second kappa shape index (κ2) is 10.7. The van der Waals surface area contributed by atoms with E-state index in [0.717, 1.165) is 11.1 Å². The zero-order valence-electron chi connectivity index (χ0n) is 15.5. The van der Waals surface area contributed by atoms with E-state index in [-0.39, 0.29) is 18.4 Å². The number of nitrogens with one attached hydrogen (secondary N) is 2. The second-order valence-electron chi connectivity index (χ2n) is 5.75. The number of carbonyl (C=O) groups is 2. The maximum Gasteiger partial charge on any atom is 0.244 e. The summed E-state index contributed by atoms with van der Waals surface area (Å²) >= 11 is 0. The van der Waals surface area contributed by atoms with Gasteiger partial charge in [-0.2, -0.15) is 0 Å². The van der Waals surface area contributed by atoms with Crippen LogP contribution in [0.15, 0.2) is 54.6 Å². The average Bonchev–Trinajstić information content (AvgIpc) is 2.71. The molecule has 0 atom stereocenters. The molecule has 0 saturated carbocycles. The van der Waals surface area contributed by atoms with Crippen LogP contribution in [0.1, 0.15) is 11.1 Å². The lowest BCUT2D eigenvalue weighted by molar-refractivity contribution is -0.123. The Kier molecular flexibility index (Phi) is 7.91. The topological polar surface area (TPSA) is 76.7 Å². The molecule has 0 aliphatic rings. The maximum absolute atomic E-state index is 11.8. The molecular formula is C21H24N2O4. The van der Waals surface area contributed by atoms with E-state index in [9.17, 15) is 9.59 Å². The zero-order valence-corrected chi connectivity index (χ0v) is 15.5. The van der Waals surface area contributed by atoms with Crippen LogP contribution in [0, 0.1) is 0 Å². The van der Waals surface area contributed by atoms with Crippen LogP contribution >= 0.6 is 0 Å². The van der Waals surface area contributed by atoms with E-state index in [0.29, 0.717) is 24.5 Å². The van der Waals surface area contributed by atoms with E-state index in [4.69, 9.17) is 9.47 Å². The lowest BCUT2D eigenvalue weighted by atomic mass is 10.1. The number of hydrogen-bond acceptors (Lipinski definition) is 4. The van der Waals surface area contributed by atoms with Crippen molar-refractivity contribution < 1.29 is 19.1 Å². The van der Waals surface area contributed by atoms with E-state index in [1.165, 1.54) is 6.08 Å². The van der Waals surface area contributed by atoms with Crippen LogP contribution in [-0.2, 0) is 16.0 Å². The van der Waals surface area contributed by atoms with Crippen LogP contribution in [0.25, 0.3) is 6.08 Å². The van der Waals surface area contributed by atoms with Crippen molar-refractivity contribution in [2.24, 2.45) is 0 Å². The van der Waals surface area contributed by atoms with E-state index in [1.807, 2.05) is 48.5 Å². The fraction of sp³-hybridized carbons (Fsp3) is 0.238. The van der Waals surface area contributed by atoms with Crippen LogP contribution in [0.4, 0.5) is 0 Å². The summed E-state index contributed by atoms with van der Waals surface area (Å²) in [4.78, 5) is 23.6. The monoisotopic (exact) mass is 368 g/mol. The zero-order chi connectivity index (χ0) is 19.5. The third-order valence-corrected chi connectivity index (χ3v) is 3.83. The fourth-order valence-corrected chi connectivity index (χ4v) is 2.41. The van der Waals surface area contributed by atoms with Gasteiger partial charge in [-0.1, -0.05) is 36.4 Å². The summed E-state index contributed by atoms with van der Waals surface area (Å²) < 4.78 is 10.5. The SMILES string of the molecule is COc1ccc(CCNC(=O)CNC(=O)/C=C/c2ccccc2)cc1OC. The molecule has 0 saturated heterocycles. The van der Waals surface area contributed by atoms with Gasteiger partial charge in [0.2, 0.25) is 11.8 Å². The van der Waals surface area contributed by atoms with Crippen LogP contribution in [0.2, 0.25) is 0 Å². The Balaban J connectivity index is 1.70. The maximum atomic E-state index is 11.8. The van der Waals surface area contributed by atoms with Gasteiger partial charge in [-0.3, -0.25) is 9.59 Å². The predicted molar refractivity (Wildman–Crippen MR) is 105 cm³/mol. The number of rotatable bonds is 9. The first kappa shape index (κ1) is 20.0. The molecule has 2 aromatic rings. The number of ether oxygens (including phenoxy) is 2. The molecule has 142 valence electrons. The lowest BCUT2D eigenvalue weighted by Gasteiger charge is -2.10. The molecule has 6 heteroatoms. The molecule has 0 bridgehead atoms. The second-order valence-corrected chi connectivity index (χ2v) is 5.75. The molecule has 0 aliphatic heterocycles. The van der Waals surface area contributed by atoms with Gasteiger partial charge < -0.3 is 20.1 Å². The smallest absolute Gasteiger partial charge is 0.244 e. The minimum atomic E-state index is -0.311. The highest BCUT2D eigenvalue weighted by Gasteiger charge is 2.06. The Morgan fingerprint density at radius 1 is 0.963 bits per heavy atom. The molecule has 0 aliphatic carbocycles. The summed E-state index contributed by atoms with van der Waals surface area (Å²) in [5.74, 6) is 0.765. The van der Waals surface area contributed by atoms with Crippen molar-refractivity contribution >= 4 is 17.9 Å². The third kappa shape index (κ3) is 6.86. The van der Waals surface area contributed by atoms with Crippen LogP contribution in [-0.4, -0.2) is 39.1 Å². The quantitative estimate of drug-likeness (QED) is 0.665. The van der Waals surface area contributed by atoms with E-state index < -0.39 is 0 Å². The van der Waals surface area contributed by atoms with E-state index in [1.54, 1.807) is 20.3 Å².